The van der Waals surface area contributed by atoms with E-state index in [1.807, 2.05) is 0 Å². The molecule has 0 unspecified atom stereocenters. The Hall–Kier alpha value is -1.53. The van der Waals surface area contributed by atoms with Gasteiger partial charge in [0.15, 0.2) is 0 Å². The Bertz CT molecular complexity index is 460. The fourth-order valence-electron chi connectivity index (χ4n) is 1.21. The van der Waals surface area contributed by atoms with Gasteiger partial charge in [-0.2, -0.15) is 0 Å². The van der Waals surface area contributed by atoms with Gasteiger partial charge in [-0.1, -0.05) is 11.8 Å². The van der Waals surface area contributed by atoms with Crippen LogP contribution in [0.4, 0.5) is 4.39 Å². The highest BCUT2D eigenvalue weighted by molar-refractivity contribution is 6.18. The molecule has 0 N–H and O–H groups in total. The SMILES string of the molecule is CCOC(=O)c1ccc(F)cc1C#CCCCl. The number of halogens is 2. The van der Waals surface area contributed by atoms with Crippen LogP contribution in [0.5, 0.6) is 0 Å². The van der Waals surface area contributed by atoms with Gasteiger partial charge in [-0.05, 0) is 25.1 Å². The third-order valence-electron chi connectivity index (χ3n) is 1.92. The van der Waals surface area contributed by atoms with E-state index in [1.165, 1.54) is 18.2 Å². The summed E-state index contributed by atoms with van der Waals surface area (Å²) < 4.78 is 17.9. The van der Waals surface area contributed by atoms with Gasteiger partial charge >= 0.3 is 5.97 Å². The van der Waals surface area contributed by atoms with Crippen LogP contribution in [0, 0.1) is 17.7 Å². The first-order valence-corrected chi connectivity index (χ1v) is 5.74. The minimum Gasteiger partial charge on any atom is -0.462 e. The maximum absolute atomic E-state index is 13.1. The standard InChI is InChI=1S/C13H12ClFO2/c1-2-17-13(16)12-7-6-11(15)9-10(12)5-3-4-8-14/h6-7,9H,2,4,8H2,1H3. The fourth-order valence-corrected chi connectivity index (χ4v) is 1.31. The lowest BCUT2D eigenvalue weighted by Crippen LogP contribution is -2.07. The second-order valence-corrected chi connectivity index (χ2v) is 3.53. The smallest absolute Gasteiger partial charge is 0.339 e. The summed E-state index contributed by atoms with van der Waals surface area (Å²) in [6.07, 6.45) is 0.486. The molecule has 0 fully saturated rings. The van der Waals surface area contributed by atoms with Crippen LogP contribution in [0.25, 0.3) is 0 Å². The average molecular weight is 255 g/mol. The van der Waals surface area contributed by atoms with E-state index in [0.717, 1.165) is 0 Å². The van der Waals surface area contributed by atoms with Crippen LogP contribution in [-0.2, 0) is 4.74 Å². The van der Waals surface area contributed by atoms with E-state index in [-0.39, 0.29) is 12.2 Å². The molecular formula is C13H12ClFO2. The molecule has 0 aliphatic carbocycles. The van der Waals surface area contributed by atoms with Crippen molar-refractivity contribution in [3.05, 3.63) is 35.1 Å². The summed E-state index contributed by atoms with van der Waals surface area (Å²) >= 11 is 5.48. The largest absolute Gasteiger partial charge is 0.462 e. The Morgan fingerprint density at radius 2 is 2.29 bits per heavy atom. The van der Waals surface area contributed by atoms with Gasteiger partial charge in [0, 0.05) is 17.9 Å². The first kappa shape index (κ1) is 13.5. The lowest BCUT2D eigenvalue weighted by atomic mass is 10.1. The maximum atomic E-state index is 13.1. The minimum absolute atomic E-state index is 0.269. The molecule has 1 aromatic rings. The van der Waals surface area contributed by atoms with Crippen molar-refractivity contribution in [3.63, 3.8) is 0 Å². The number of esters is 1. The molecule has 0 radical (unpaired) electrons. The first-order chi connectivity index (χ1) is 8.19. The molecule has 17 heavy (non-hydrogen) atoms. The minimum atomic E-state index is -0.498. The Kier molecular flexibility index (Phi) is 5.51. The van der Waals surface area contributed by atoms with E-state index in [4.69, 9.17) is 16.3 Å². The normalized spacial score (nSPS) is 9.35. The summed E-state index contributed by atoms with van der Waals surface area (Å²) in [5.74, 6) is 4.94. The number of carbonyl (C=O) groups excluding carboxylic acids is 1. The third-order valence-corrected chi connectivity index (χ3v) is 2.11. The van der Waals surface area contributed by atoms with E-state index in [0.29, 0.717) is 17.9 Å². The van der Waals surface area contributed by atoms with Gasteiger partial charge in [-0.25, -0.2) is 9.18 Å². The van der Waals surface area contributed by atoms with Crippen LogP contribution in [0.2, 0.25) is 0 Å². The van der Waals surface area contributed by atoms with Crippen molar-refractivity contribution >= 4 is 17.6 Å². The molecule has 0 spiro atoms. The van der Waals surface area contributed by atoms with Crippen LogP contribution in [-0.4, -0.2) is 18.5 Å². The molecule has 0 atom stereocenters. The summed E-state index contributed by atoms with van der Waals surface area (Å²) in [5.41, 5.74) is 0.601. The molecule has 0 saturated heterocycles. The topological polar surface area (TPSA) is 26.3 Å². The van der Waals surface area contributed by atoms with Crippen molar-refractivity contribution in [2.75, 3.05) is 12.5 Å². The molecular weight excluding hydrogens is 243 g/mol. The number of rotatable bonds is 3. The Labute approximate surface area is 105 Å². The molecule has 1 rings (SSSR count). The van der Waals surface area contributed by atoms with Crippen LogP contribution in [0.3, 0.4) is 0 Å². The summed E-state index contributed by atoms with van der Waals surface area (Å²) in [5, 5.41) is 0. The fraction of sp³-hybridized carbons (Fsp3) is 0.308. The predicted molar refractivity (Wildman–Crippen MR) is 64.6 cm³/mol. The highest BCUT2D eigenvalue weighted by atomic mass is 35.5. The van der Waals surface area contributed by atoms with Gasteiger partial charge in [-0.3, -0.25) is 0 Å². The molecule has 0 saturated carbocycles. The van der Waals surface area contributed by atoms with Crippen molar-refractivity contribution in [1.29, 1.82) is 0 Å². The van der Waals surface area contributed by atoms with E-state index in [9.17, 15) is 9.18 Å². The summed E-state index contributed by atoms with van der Waals surface area (Å²) in [6, 6.07) is 3.80. The Morgan fingerprint density at radius 3 is 2.94 bits per heavy atom. The predicted octanol–water partition coefficient (Wildman–Crippen LogP) is 2.98. The van der Waals surface area contributed by atoms with Gasteiger partial charge in [0.2, 0.25) is 0 Å². The van der Waals surface area contributed by atoms with Gasteiger partial charge in [0.25, 0.3) is 0 Å². The molecule has 0 bridgehead atoms. The van der Waals surface area contributed by atoms with Crippen molar-refractivity contribution in [3.8, 4) is 11.8 Å². The zero-order valence-corrected chi connectivity index (χ0v) is 10.2. The summed E-state index contributed by atoms with van der Waals surface area (Å²) in [6.45, 7) is 1.98. The van der Waals surface area contributed by atoms with Crippen molar-refractivity contribution < 1.29 is 13.9 Å². The third kappa shape index (κ3) is 4.08. The molecule has 0 aliphatic heterocycles. The second-order valence-electron chi connectivity index (χ2n) is 3.15. The lowest BCUT2D eigenvalue weighted by Gasteiger charge is -2.04. The van der Waals surface area contributed by atoms with E-state index in [2.05, 4.69) is 11.8 Å². The number of hydrogen-bond acceptors (Lipinski definition) is 2. The number of carbonyl (C=O) groups is 1. The average Bonchev–Trinajstić information content (AvgIpc) is 2.30. The van der Waals surface area contributed by atoms with E-state index in [1.54, 1.807) is 6.92 Å². The summed E-state index contributed by atoms with van der Waals surface area (Å²) in [7, 11) is 0. The van der Waals surface area contributed by atoms with E-state index < -0.39 is 11.8 Å². The van der Waals surface area contributed by atoms with Gasteiger partial charge in [-0.15, -0.1) is 11.6 Å². The van der Waals surface area contributed by atoms with Crippen molar-refractivity contribution in [2.45, 2.75) is 13.3 Å². The van der Waals surface area contributed by atoms with E-state index >= 15 is 0 Å². The van der Waals surface area contributed by atoms with Gasteiger partial charge < -0.3 is 4.74 Å². The molecule has 0 aromatic heterocycles. The molecule has 2 nitrogen and oxygen atoms in total. The van der Waals surface area contributed by atoms with Crippen molar-refractivity contribution in [1.82, 2.24) is 0 Å². The maximum Gasteiger partial charge on any atom is 0.339 e. The molecule has 0 amide bonds. The highest BCUT2D eigenvalue weighted by Crippen LogP contribution is 2.12. The Balaban J connectivity index is 3.04. The number of hydrogen-bond donors (Lipinski definition) is 0. The van der Waals surface area contributed by atoms with Gasteiger partial charge in [0.1, 0.15) is 5.82 Å². The van der Waals surface area contributed by atoms with Crippen LogP contribution in [0.15, 0.2) is 18.2 Å². The van der Waals surface area contributed by atoms with Crippen LogP contribution in [0.1, 0.15) is 29.3 Å². The Morgan fingerprint density at radius 1 is 1.53 bits per heavy atom. The second kappa shape index (κ2) is 6.93. The summed E-state index contributed by atoms with van der Waals surface area (Å²) in [4.78, 5) is 11.6. The zero-order chi connectivity index (χ0) is 12.7. The number of ether oxygens (including phenoxy) is 1. The highest BCUT2D eigenvalue weighted by Gasteiger charge is 2.11. The lowest BCUT2D eigenvalue weighted by molar-refractivity contribution is 0.0526. The first-order valence-electron chi connectivity index (χ1n) is 5.20. The molecule has 90 valence electrons. The molecule has 0 heterocycles. The van der Waals surface area contributed by atoms with Crippen molar-refractivity contribution in [2.24, 2.45) is 0 Å². The monoisotopic (exact) mass is 254 g/mol. The molecule has 0 aliphatic rings. The molecule has 1 aromatic carbocycles. The van der Waals surface area contributed by atoms with Crippen LogP contribution >= 0.6 is 11.6 Å². The van der Waals surface area contributed by atoms with Gasteiger partial charge in [0.05, 0.1) is 12.2 Å². The zero-order valence-electron chi connectivity index (χ0n) is 9.43. The number of benzene rings is 1. The van der Waals surface area contributed by atoms with Crippen LogP contribution < -0.4 is 0 Å². The number of alkyl halides is 1. The molecule has 4 heteroatoms. The quantitative estimate of drug-likeness (QED) is 0.471.